The Hall–Kier alpha value is -3.82. The largest absolute Gasteiger partial charge is 0.435 e. The van der Waals surface area contributed by atoms with Gasteiger partial charge in [-0.25, -0.2) is 9.97 Å². The van der Waals surface area contributed by atoms with Crippen LogP contribution < -0.4 is 14.8 Å². The van der Waals surface area contributed by atoms with Crippen LogP contribution >= 0.6 is 0 Å². The highest BCUT2D eigenvalue weighted by Gasteiger charge is 2.41. The fraction of sp³-hybridized carbons (Fsp3) is 0.320. The predicted molar refractivity (Wildman–Crippen MR) is 123 cm³/mol. The van der Waals surface area contributed by atoms with Crippen molar-refractivity contribution >= 4 is 12.0 Å². The van der Waals surface area contributed by atoms with Gasteiger partial charge in [0.1, 0.15) is 11.6 Å². The van der Waals surface area contributed by atoms with E-state index in [1.54, 1.807) is 31.5 Å². The minimum Gasteiger partial charge on any atom is -0.435 e. The van der Waals surface area contributed by atoms with E-state index in [-0.39, 0.29) is 36.1 Å². The van der Waals surface area contributed by atoms with Gasteiger partial charge in [0.25, 0.3) is 0 Å². The highest BCUT2D eigenvalue weighted by molar-refractivity contribution is 5.72. The molecule has 1 aliphatic rings. The third kappa shape index (κ3) is 7.87. The summed E-state index contributed by atoms with van der Waals surface area (Å²) in [5, 5.41) is 2.61. The van der Waals surface area contributed by atoms with Gasteiger partial charge in [-0.05, 0) is 48.3 Å². The van der Waals surface area contributed by atoms with E-state index < -0.39 is 12.7 Å². The number of carbonyl (C=O) groups is 1. The summed E-state index contributed by atoms with van der Waals surface area (Å²) in [6, 6.07) is 2.35. The van der Waals surface area contributed by atoms with Gasteiger partial charge in [0.15, 0.2) is 11.5 Å². The fourth-order valence-corrected chi connectivity index (χ4v) is 3.21. The van der Waals surface area contributed by atoms with Crippen LogP contribution in [0.2, 0.25) is 0 Å². The minimum absolute atomic E-state index is 0.0561. The van der Waals surface area contributed by atoms with Crippen molar-refractivity contribution in [2.75, 3.05) is 0 Å². The molecule has 1 N–H and O–H groups in total. The summed E-state index contributed by atoms with van der Waals surface area (Å²) < 4.78 is 55.5. The van der Waals surface area contributed by atoms with Gasteiger partial charge in [-0.3, -0.25) is 4.79 Å². The van der Waals surface area contributed by atoms with Crippen molar-refractivity contribution < 1.29 is 32.2 Å². The van der Waals surface area contributed by atoms with Crippen molar-refractivity contribution in [1.82, 2.24) is 15.3 Å². The van der Waals surface area contributed by atoms with Gasteiger partial charge in [0.05, 0.1) is 13.0 Å². The molecular weight excluding hydrogens is 463 g/mol. The number of ether oxygens (including phenoxy) is 3. The highest BCUT2D eigenvalue weighted by atomic mass is 19.3. The van der Waals surface area contributed by atoms with Crippen LogP contribution in [-0.2, 0) is 22.5 Å². The summed E-state index contributed by atoms with van der Waals surface area (Å²) in [5.41, 5.74) is 1.81. The fourth-order valence-electron chi connectivity index (χ4n) is 3.21. The van der Waals surface area contributed by atoms with Gasteiger partial charge in [0, 0.05) is 19.3 Å². The molecular formula is C25H26F3N3O4. The van der Waals surface area contributed by atoms with Crippen molar-refractivity contribution in [3.8, 4) is 11.5 Å². The molecule has 3 rings (SSSR count). The Bertz CT molecular complexity index is 1120. The number of hydrogen-bond acceptors (Lipinski definition) is 6. The van der Waals surface area contributed by atoms with Gasteiger partial charge >= 0.3 is 12.7 Å². The van der Waals surface area contributed by atoms with Crippen molar-refractivity contribution in [3.63, 3.8) is 0 Å². The smallest absolute Gasteiger partial charge is 0.407 e. The number of nitrogens with one attached hydrogen (secondary N) is 1. The van der Waals surface area contributed by atoms with Crippen LogP contribution in [0.25, 0.3) is 6.08 Å². The topological polar surface area (TPSA) is 82.6 Å². The van der Waals surface area contributed by atoms with E-state index in [0.717, 1.165) is 5.56 Å². The molecule has 35 heavy (non-hydrogen) atoms. The lowest BCUT2D eigenvalue weighted by molar-refractivity contribution is -0.194. The first-order chi connectivity index (χ1) is 16.7. The van der Waals surface area contributed by atoms with E-state index >= 15 is 0 Å². The molecule has 1 atom stereocenters. The van der Waals surface area contributed by atoms with Gasteiger partial charge < -0.3 is 19.5 Å². The van der Waals surface area contributed by atoms with Crippen molar-refractivity contribution in [2.24, 2.45) is 0 Å². The molecule has 0 fully saturated rings. The van der Waals surface area contributed by atoms with Crippen LogP contribution in [0.15, 0.2) is 60.7 Å². The number of nitrogens with zero attached hydrogens (tertiary/aromatic N) is 2. The first-order valence-electron chi connectivity index (χ1n) is 10.9. The maximum Gasteiger partial charge on any atom is 0.407 e. The Morgan fingerprint density at radius 1 is 1.23 bits per heavy atom. The van der Waals surface area contributed by atoms with E-state index in [4.69, 9.17) is 9.47 Å². The number of amides is 1. The second-order valence-electron chi connectivity index (χ2n) is 7.83. The molecule has 2 heterocycles. The summed E-state index contributed by atoms with van der Waals surface area (Å²) in [4.78, 5) is 19.3. The molecule has 0 aliphatic carbocycles. The monoisotopic (exact) mass is 489 g/mol. The standard InChI is InChI=1S/C25H26F3N3O4/c1-4-9-25(28)34-21-8-6-18(12-22(21)35-25)11-20(33-24(26)27)7-5-16(2)10-19-13-30-23(31-14-19)15-29-17(3)32/h5-8,11-14,24H,2,4,9-10,15H2,1,3H3,(H,29,32)/b7-5-,20-11?. The zero-order valence-corrected chi connectivity index (χ0v) is 19.4. The van der Waals surface area contributed by atoms with E-state index in [0.29, 0.717) is 29.8 Å². The van der Waals surface area contributed by atoms with E-state index in [1.165, 1.54) is 31.2 Å². The quantitative estimate of drug-likeness (QED) is 0.343. The maximum atomic E-state index is 14.5. The number of alkyl halides is 3. The van der Waals surface area contributed by atoms with Crippen LogP contribution in [0.4, 0.5) is 13.2 Å². The molecule has 1 amide bonds. The third-order valence-electron chi connectivity index (χ3n) is 4.74. The molecule has 0 saturated heterocycles. The number of fused-ring (bicyclic) bond motifs is 1. The molecule has 0 radical (unpaired) electrons. The third-order valence-corrected chi connectivity index (χ3v) is 4.74. The SMILES string of the molecule is C=C(/C=C\C(=Cc1ccc2c(c1)OC(F)(CCC)O2)OC(F)F)Cc1cnc(CNC(C)=O)nc1. The lowest BCUT2D eigenvalue weighted by Gasteiger charge is -2.16. The number of allylic oxidation sites excluding steroid dienone is 3. The Morgan fingerprint density at radius 3 is 2.60 bits per heavy atom. The second-order valence-corrected chi connectivity index (χ2v) is 7.83. The maximum absolute atomic E-state index is 14.5. The number of rotatable bonds is 11. The Morgan fingerprint density at radius 2 is 1.94 bits per heavy atom. The molecule has 1 unspecified atom stereocenters. The molecule has 1 aromatic carbocycles. The molecule has 186 valence electrons. The minimum atomic E-state index is -3.04. The molecule has 0 bridgehead atoms. The van der Waals surface area contributed by atoms with Gasteiger partial charge in [-0.1, -0.05) is 31.2 Å². The zero-order chi connectivity index (χ0) is 25.4. The van der Waals surface area contributed by atoms with Crippen LogP contribution in [0, 0.1) is 0 Å². The van der Waals surface area contributed by atoms with Crippen LogP contribution in [0.5, 0.6) is 11.5 Å². The molecule has 2 aromatic rings. The first-order valence-corrected chi connectivity index (χ1v) is 10.9. The second kappa shape index (κ2) is 11.5. The van der Waals surface area contributed by atoms with Gasteiger partial charge in [-0.15, -0.1) is 0 Å². The van der Waals surface area contributed by atoms with Crippen molar-refractivity contribution in [2.45, 2.75) is 52.3 Å². The Balaban J connectivity index is 1.67. The van der Waals surface area contributed by atoms with E-state index in [9.17, 15) is 18.0 Å². The average molecular weight is 489 g/mol. The molecule has 7 nitrogen and oxygen atoms in total. The van der Waals surface area contributed by atoms with Crippen LogP contribution in [0.1, 0.15) is 43.6 Å². The number of benzene rings is 1. The number of carbonyl (C=O) groups excluding carboxylic acids is 1. The summed E-state index contributed by atoms with van der Waals surface area (Å²) in [5.74, 6) is 0.579. The molecule has 0 spiro atoms. The van der Waals surface area contributed by atoms with Crippen molar-refractivity contribution in [3.05, 3.63) is 77.6 Å². The van der Waals surface area contributed by atoms with Crippen LogP contribution in [-0.4, -0.2) is 28.5 Å². The molecule has 0 saturated carbocycles. The predicted octanol–water partition coefficient (Wildman–Crippen LogP) is 5.24. The number of halogens is 3. The highest BCUT2D eigenvalue weighted by Crippen LogP contribution is 2.42. The molecule has 10 heteroatoms. The van der Waals surface area contributed by atoms with E-state index in [1.807, 2.05) is 0 Å². The Kier molecular flexibility index (Phi) is 8.51. The average Bonchev–Trinajstić information content (AvgIpc) is 3.12. The number of aromatic nitrogens is 2. The lowest BCUT2D eigenvalue weighted by Crippen LogP contribution is -2.32. The first kappa shape index (κ1) is 25.8. The van der Waals surface area contributed by atoms with Crippen LogP contribution in [0.3, 0.4) is 0 Å². The summed E-state index contributed by atoms with van der Waals surface area (Å²) in [7, 11) is 0. The summed E-state index contributed by atoms with van der Waals surface area (Å²) in [6.45, 7) is 4.31. The normalized spacial score (nSPS) is 17.1. The number of hydrogen-bond donors (Lipinski definition) is 1. The lowest BCUT2D eigenvalue weighted by atomic mass is 10.1. The van der Waals surface area contributed by atoms with Crippen molar-refractivity contribution in [1.29, 1.82) is 0 Å². The molecule has 1 aromatic heterocycles. The zero-order valence-electron chi connectivity index (χ0n) is 19.4. The summed E-state index contributed by atoms with van der Waals surface area (Å²) >= 11 is 0. The molecule has 1 aliphatic heterocycles. The Labute approximate surface area is 201 Å². The van der Waals surface area contributed by atoms with Gasteiger partial charge in [-0.2, -0.15) is 13.2 Å². The summed E-state index contributed by atoms with van der Waals surface area (Å²) in [6.07, 6.45) is 8.43. The van der Waals surface area contributed by atoms with Gasteiger partial charge in [0.2, 0.25) is 5.91 Å². The van der Waals surface area contributed by atoms with E-state index in [2.05, 4.69) is 26.6 Å².